The fourth-order valence-corrected chi connectivity index (χ4v) is 3.42. The molecule has 21 heavy (non-hydrogen) atoms. The first-order valence-corrected chi connectivity index (χ1v) is 8.36. The van der Waals surface area contributed by atoms with Crippen molar-refractivity contribution >= 4 is 27.1 Å². The lowest BCUT2D eigenvalue weighted by Gasteiger charge is -2.07. The van der Waals surface area contributed by atoms with Crippen molar-refractivity contribution < 1.29 is 13.2 Å². The summed E-state index contributed by atoms with van der Waals surface area (Å²) in [6, 6.07) is 11.7. The minimum atomic E-state index is -3.38. The standard InChI is InChI=1S/C15H16ClNO3S/c1-20-12-4-2-11(3-5-12)8-9-21(18,19)13-6-7-15(17)14(16)10-13/h2-7,10H,8-9,17H2,1H3. The normalized spacial score (nSPS) is 11.3. The zero-order chi connectivity index (χ0) is 15.5. The average Bonchev–Trinajstić information content (AvgIpc) is 2.48. The Kier molecular flexibility index (Phi) is 4.75. The number of hydrogen-bond donors (Lipinski definition) is 1. The molecule has 0 aliphatic rings. The van der Waals surface area contributed by atoms with Gasteiger partial charge in [-0.05, 0) is 42.3 Å². The molecule has 0 aromatic heterocycles. The highest BCUT2D eigenvalue weighted by Crippen LogP contribution is 2.23. The second kappa shape index (κ2) is 6.37. The Morgan fingerprint density at radius 3 is 2.38 bits per heavy atom. The molecule has 112 valence electrons. The lowest BCUT2D eigenvalue weighted by atomic mass is 10.2. The zero-order valence-electron chi connectivity index (χ0n) is 11.5. The van der Waals surface area contributed by atoms with Gasteiger partial charge in [0, 0.05) is 0 Å². The van der Waals surface area contributed by atoms with Crippen LogP contribution in [0.3, 0.4) is 0 Å². The van der Waals surface area contributed by atoms with Gasteiger partial charge in [0.25, 0.3) is 0 Å². The zero-order valence-corrected chi connectivity index (χ0v) is 13.1. The molecule has 0 saturated heterocycles. The number of benzene rings is 2. The van der Waals surface area contributed by atoms with Gasteiger partial charge in [0.05, 0.1) is 28.5 Å². The first-order chi connectivity index (χ1) is 9.92. The molecule has 0 unspecified atom stereocenters. The van der Waals surface area contributed by atoms with Gasteiger partial charge in [-0.2, -0.15) is 0 Å². The number of methoxy groups -OCH3 is 1. The molecular weight excluding hydrogens is 310 g/mol. The van der Waals surface area contributed by atoms with Crippen LogP contribution in [0.5, 0.6) is 5.75 Å². The summed E-state index contributed by atoms with van der Waals surface area (Å²) in [5.74, 6) is 0.756. The van der Waals surface area contributed by atoms with Gasteiger partial charge in [0.2, 0.25) is 0 Å². The van der Waals surface area contributed by atoms with E-state index in [1.807, 2.05) is 24.3 Å². The molecule has 0 fully saturated rings. The molecule has 0 saturated carbocycles. The maximum absolute atomic E-state index is 12.3. The number of halogens is 1. The quantitative estimate of drug-likeness (QED) is 0.858. The summed E-state index contributed by atoms with van der Waals surface area (Å²) >= 11 is 5.87. The Morgan fingerprint density at radius 1 is 1.14 bits per heavy atom. The molecule has 2 aromatic rings. The molecule has 0 aliphatic heterocycles. The molecule has 6 heteroatoms. The van der Waals surface area contributed by atoms with E-state index in [4.69, 9.17) is 22.1 Å². The molecule has 2 aromatic carbocycles. The highest BCUT2D eigenvalue weighted by Gasteiger charge is 2.15. The number of ether oxygens (including phenoxy) is 1. The van der Waals surface area contributed by atoms with Crippen molar-refractivity contribution in [2.75, 3.05) is 18.6 Å². The van der Waals surface area contributed by atoms with E-state index in [2.05, 4.69) is 0 Å². The third-order valence-corrected chi connectivity index (χ3v) is 5.19. The molecule has 0 spiro atoms. The Hall–Kier alpha value is -1.72. The molecule has 0 heterocycles. The summed E-state index contributed by atoms with van der Waals surface area (Å²) in [7, 11) is -1.80. The third kappa shape index (κ3) is 3.89. The topological polar surface area (TPSA) is 69.4 Å². The summed E-state index contributed by atoms with van der Waals surface area (Å²) in [6.07, 6.45) is 0.425. The minimum Gasteiger partial charge on any atom is -0.497 e. The number of hydrogen-bond acceptors (Lipinski definition) is 4. The van der Waals surface area contributed by atoms with Crippen molar-refractivity contribution in [3.05, 3.63) is 53.1 Å². The van der Waals surface area contributed by atoms with E-state index in [-0.39, 0.29) is 15.7 Å². The van der Waals surface area contributed by atoms with Crippen molar-refractivity contribution in [3.8, 4) is 5.75 Å². The van der Waals surface area contributed by atoms with E-state index in [1.165, 1.54) is 18.2 Å². The largest absolute Gasteiger partial charge is 0.497 e. The maximum atomic E-state index is 12.3. The van der Waals surface area contributed by atoms with E-state index >= 15 is 0 Å². The Balaban J connectivity index is 2.11. The van der Waals surface area contributed by atoms with E-state index in [1.54, 1.807) is 7.11 Å². The molecule has 4 nitrogen and oxygen atoms in total. The molecule has 0 atom stereocenters. The SMILES string of the molecule is COc1ccc(CCS(=O)(=O)c2ccc(N)c(Cl)c2)cc1. The van der Waals surface area contributed by atoms with Crippen molar-refractivity contribution in [2.45, 2.75) is 11.3 Å². The molecule has 0 amide bonds. The van der Waals surface area contributed by atoms with Gasteiger partial charge in [0.15, 0.2) is 9.84 Å². The van der Waals surface area contributed by atoms with Crippen molar-refractivity contribution in [1.82, 2.24) is 0 Å². The van der Waals surface area contributed by atoms with Gasteiger partial charge in [0.1, 0.15) is 5.75 Å². The number of aryl methyl sites for hydroxylation is 1. The Bertz CT molecular complexity index is 727. The fourth-order valence-electron chi connectivity index (χ4n) is 1.86. The maximum Gasteiger partial charge on any atom is 0.178 e. The summed E-state index contributed by atoms with van der Waals surface area (Å²) in [5.41, 5.74) is 6.88. The summed E-state index contributed by atoms with van der Waals surface area (Å²) < 4.78 is 29.6. The molecule has 2 N–H and O–H groups in total. The lowest BCUT2D eigenvalue weighted by molar-refractivity contribution is 0.414. The van der Waals surface area contributed by atoms with Crippen LogP contribution in [-0.2, 0) is 16.3 Å². The number of rotatable bonds is 5. The predicted octanol–water partition coefficient (Wildman–Crippen LogP) is 2.95. The average molecular weight is 326 g/mol. The molecular formula is C15H16ClNO3S. The first-order valence-electron chi connectivity index (χ1n) is 6.33. The van der Waals surface area contributed by atoms with Crippen LogP contribution in [-0.4, -0.2) is 21.3 Å². The Labute approximate surface area is 129 Å². The molecule has 0 bridgehead atoms. The van der Waals surface area contributed by atoms with E-state index < -0.39 is 9.84 Å². The summed E-state index contributed by atoms with van der Waals surface area (Å²) in [5, 5.41) is 0.250. The van der Waals surface area contributed by atoms with E-state index in [9.17, 15) is 8.42 Å². The van der Waals surface area contributed by atoms with Gasteiger partial charge >= 0.3 is 0 Å². The highest BCUT2D eigenvalue weighted by atomic mass is 35.5. The Morgan fingerprint density at radius 2 is 1.81 bits per heavy atom. The van der Waals surface area contributed by atoms with Gasteiger partial charge in [-0.3, -0.25) is 0 Å². The van der Waals surface area contributed by atoms with Crippen molar-refractivity contribution in [3.63, 3.8) is 0 Å². The summed E-state index contributed by atoms with van der Waals surface area (Å²) in [6.45, 7) is 0. The minimum absolute atomic E-state index is 0.0135. The number of nitrogens with two attached hydrogens (primary N) is 1. The first kappa shape index (κ1) is 15.7. The number of sulfone groups is 1. The molecule has 0 radical (unpaired) electrons. The van der Waals surface area contributed by atoms with Crippen molar-refractivity contribution in [1.29, 1.82) is 0 Å². The van der Waals surface area contributed by atoms with Crippen LogP contribution < -0.4 is 10.5 Å². The fraction of sp³-hybridized carbons (Fsp3) is 0.200. The van der Waals surface area contributed by atoms with Crippen LogP contribution in [0.15, 0.2) is 47.4 Å². The van der Waals surface area contributed by atoms with Crippen LogP contribution in [0.4, 0.5) is 5.69 Å². The second-order valence-corrected chi connectivity index (χ2v) is 7.12. The monoisotopic (exact) mass is 325 g/mol. The smallest absolute Gasteiger partial charge is 0.178 e. The van der Waals surface area contributed by atoms with Crippen LogP contribution >= 0.6 is 11.6 Å². The van der Waals surface area contributed by atoms with E-state index in [0.717, 1.165) is 11.3 Å². The van der Waals surface area contributed by atoms with Crippen LogP contribution in [0.1, 0.15) is 5.56 Å². The number of anilines is 1. The van der Waals surface area contributed by atoms with Crippen LogP contribution in [0.2, 0.25) is 5.02 Å². The van der Waals surface area contributed by atoms with Crippen molar-refractivity contribution in [2.24, 2.45) is 0 Å². The molecule has 2 rings (SSSR count). The third-order valence-electron chi connectivity index (χ3n) is 3.15. The van der Waals surface area contributed by atoms with E-state index in [0.29, 0.717) is 12.1 Å². The van der Waals surface area contributed by atoms with Crippen LogP contribution in [0, 0.1) is 0 Å². The van der Waals surface area contributed by atoms with Gasteiger partial charge in [-0.1, -0.05) is 23.7 Å². The molecule has 0 aliphatic carbocycles. The number of nitrogen functional groups attached to an aromatic ring is 1. The van der Waals surface area contributed by atoms with Gasteiger partial charge in [-0.15, -0.1) is 0 Å². The highest BCUT2D eigenvalue weighted by molar-refractivity contribution is 7.91. The van der Waals surface area contributed by atoms with Gasteiger partial charge in [-0.25, -0.2) is 8.42 Å². The second-order valence-electron chi connectivity index (χ2n) is 4.60. The summed E-state index contributed by atoms with van der Waals surface area (Å²) in [4.78, 5) is 0.190. The lowest BCUT2D eigenvalue weighted by Crippen LogP contribution is -2.09. The van der Waals surface area contributed by atoms with Crippen LogP contribution in [0.25, 0.3) is 0 Å². The predicted molar refractivity (Wildman–Crippen MR) is 84.6 cm³/mol. The van der Waals surface area contributed by atoms with Gasteiger partial charge < -0.3 is 10.5 Å².